The van der Waals surface area contributed by atoms with E-state index in [2.05, 4.69) is 43.9 Å². The van der Waals surface area contributed by atoms with Gasteiger partial charge in [0.2, 0.25) is 0 Å². The van der Waals surface area contributed by atoms with E-state index in [4.69, 9.17) is 0 Å². The highest BCUT2D eigenvalue weighted by Crippen LogP contribution is 2.26. The van der Waals surface area contributed by atoms with Crippen molar-refractivity contribution in [2.75, 3.05) is 33.2 Å². The summed E-state index contributed by atoms with van der Waals surface area (Å²) in [4.78, 5) is 19.3. The normalized spacial score (nSPS) is 19.3. The van der Waals surface area contributed by atoms with Crippen molar-refractivity contribution >= 4 is 17.2 Å². The second-order valence-electron chi connectivity index (χ2n) is 6.40. The summed E-state index contributed by atoms with van der Waals surface area (Å²) in [7, 11) is 2.09. The van der Waals surface area contributed by atoms with Crippen LogP contribution >= 0.6 is 11.3 Å². The number of fused-ring (bicyclic) bond motifs is 1. The Morgan fingerprint density at radius 2 is 2.13 bits per heavy atom. The van der Waals surface area contributed by atoms with Crippen LogP contribution in [0.2, 0.25) is 0 Å². The maximum Gasteiger partial charge on any atom is 0.274 e. The van der Waals surface area contributed by atoms with Crippen LogP contribution in [-0.2, 0) is 19.6 Å². The number of hydrogen-bond donors (Lipinski definition) is 1. The highest BCUT2D eigenvalue weighted by molar-refractivity contribution is 7.07. The summed E-state index contributed by atoms with van der Waals surface area (Å²) in [5.41, 5.74) is 4.14. The van der Waals surface area contributed by atoms with Crippen molar-refractivity contribution in [3.63, 3.8) is 0 Å². The molecule has 2 aromatic rings. The Morgan fingerprint density at radius 1 is 1.30 bits per heavy atom. The Balaban J connectivity index is 1.46. The smallest absolute Gasteiger partial charge is 0.274 e. The topological polar surface area (TPSA) is 55.5 Å². The van der Waals surface area contributed by atoms with Gasteiger partial charge in [0.15, 0.2) is 5.69 Å². The van der Waals surface area contributed by atoms with Gasteiger partial charge in [-0.15, -0.1) is 0 Å². The summed E-state index contributed by atoms with van der Waals surface area (Å²) in [6.07, 6.45) is 0. The molecule has 1 amide bonds. The SMILES string of the molecule is CN1CCN(C(=O)c2n[nH]c3c2CN(Cc2ccsc2)C3)CC1. The molecule has 122 valence electrons. The highest BCUT2D eigenvalue weighted by Gasteiger charge is 2.31. The standard InChI is InChI=1S/C16H21N5OS/c1-19-3-5-21(6-4-19)16(22)15-13-9-20(10-14(13)17-18-15)8-12-2-7-23-11-12/h2,7,11H,3-6,8-10H2,1H3,(H,17,18). The lowest BCUT2D eigenvalue weighted by molar-refractivity contribution is 0.0656. The van der Waals surface area contributed by atoms with E-state index >= 15 is 0 Å². The molecule has 4 heterocycles. The first-order chi connectivity index (χ1) is 11.2. The average molecular weight is 331 g/mol. The minimum absolute atomic E-state index is 0.0768. The van der Waals surface area contributed by atoms with Gasteiger partial charge in [-0.25, -0.2) is 0 Å². The van der Waals surface area contributed by atoms with Crippen LogP contribution in [0, 0.1) is 0 Å². The molecule has 2 aliphatic heterocycles. The molecule has 0 aromatic carbocycles. The molecule has 7 heteroatoms. The molecule has 0 radical (unpaired) electrons. The molecule has 0 bridgehead atoms. The summed E-state index contributed by atoms with van der Waals surface area (Å²) in [6.45, 7) is 6.01. The van der Waals surface area contributed by atoms with Crippen LogP contribution in [0.1, 0.15) is 27.3 Å². The maximum absolute atomic E-state index is 12.8. The van der Waals surface area contributed by atoms with Gasteiger partial charge in [-0.1, -0.05) is 0 Å². The number of rotatable bonds is 3. The van der Waals surface area contributed by atoms with Crippen LogP contribution in [-0.4, -0.2) is 64.0 Å². The quantitative estimate of drug-likeness (QED) is 0.923. The van der Waals surface area contributed by atoms with Crippen molar-refractivity contribution in [1.82, 2.24) is 24.9 Å². The Morgan fingerprint density at radius 3 is 2.87 bits per heavy atom. The van der Waals surface area contributed by atoms with Gasteiger partial charge < -0.3 is 9.80 Å². The second kappa shape index (κ2) is 6.07. The number of hydrogen-bond acceptors (Lipinski definition) is 5. The molecule has 23 heavy (non-hydrogen) atoms. The lowest BCUT2D eigenvalue weighted by Gasteiger charge is -2.32. The van der Waals surface area contributed by atoms with Gasteiger partial charge in [0.05, 0.1) is 5.69 Å². The van der Waals surface area contributed by atoms with Crippen molar-refractivity contribution in [1.29, 1.82) is 0 Å². The van der Waals surface area contributed by atoms with Gasteiger partial charge in [-0.3, -0.25) is 14.8 Å². The van der Waals surface area contributed by atoms with E-state index in [1.54, 1.807) is 11.3 Å². The molecule has 6 nitrogen and oxygen atoms in total. The van der Waals surface area contributed by atoms with Gasteiger partial charge in [-0.2, -0.15) is 16.4 Å². The molecule has 2 aromatic heterocycles. The molecule has 4 rings (SSSR count). The van der Waals surface area contributed by atoms with Gasteiger partial charge in [0.25, 0.3) is 5.91 Å². The lowest BCUT2D eigenvalue weighted by Crippen LogP contribution is -2.47. The van der Waals surface area contributed by atoms with E-state index in [0.717, 1.165) is 57.1 Å². The molecule has 1 fully saturated rings. The third-order valence-corrected chi connectivity index (χ3v) is 5.43. The monoisotopic (exact) mass is 331 g/mol. The first-order valence-corrected chi connectivity index (χ1v) is 8.92. The summed E-state index contributed by atoms with van der Waals surface area (Å²) < 4.78 is 0. The molecular formula is C16H21N5OS. The van der Waals surface area contributed by atoms with E-state index in [1.165, 1.54) is 5.56 Å². The number of piperazine rings is 1. The number of thiophene rings is 1. The molecular weight excluding hydrogens is 310 g/mol. The van der Waals surface area contributed by atoms with E-state index in [9.17, 15) is 4.79 Å². The van der Waals surface area contributed by atoms with E-state index in [-0.39, 0.29) is 5.91 Å². The molecule has 0 aliphatic carbocycles. The second-order valence-corrected chi connectivity index (χ2v) is 7.18. The number of aromatic amines is 1. The first-order valence-electron chi connectivity index (χ1n) is 7.98. The van der Waals surface area contributed by atoms with E-state index < -0.39 is 0 Å². The van der Waals surface area contributed by atoms with Gasteiger partial charge in [-0.05, 0) is 29.4 Å². The van der Waals surface area contributed by atoms with Crippen molar-refractivity contribution < 1.29 is 4.79 Å². The van der Waals surface area contributed by atoms with Crippen molar-refractivity contribution in [2.24, 2.45) is 0 Å². The van der Waals surface area contributed by atoms with Crippen LogP contribution in [0.15, 0.2) is 16.8 Å². The summed E-state index contributed by atoms with van der Waals surface area (Å²) in [6, 6.07) is 2.16. The number of nitrogens with zero attached hydrogens (tertiary/aromatic N) is 4. The van der Waals surface area contributed by atoms with Crippen LogP contribution in [0.25, 0.3) is 0 Å². The minimum Gasteiger partial charge on any atom is -0.335 e. The van der Waals surface area contributed by atoms with Crippen molar-refractivity contribution in [2.45, 2.75) is 19.6 Å². The predicted octanol–water partition coefficient (Wildman–Crippen LogP) is 1.37. The zero-order valence-corrected chi connectivity index (χ0v) is 14.1. The number of nitrogens with one attached hydrogen (secondary N) is 1. The number of amides is 1. The first kappa shape index (κ1) is 14.9. The van der Waals surface area contributed by atoms with Crippen molar-refractivity contribution in [3.8, 4) is 0 Å². The Bertz CT molecular complexity index is 687. The van der Waals surface area contributed by atoms with Crippen LogP contribution in [0.4, 0.5) is 0 Å². The maximum atomic E-state index is 12.8. The largest absolute Gasteiger partial charge is 0.335 e. The fourth-order valence-electron chi connectivity index (χ4n) is 3.29. The Kier molecular flexibility index (Phi) is 3.92. The Labute approximate surface area is 139 Å². The van der Waals surface area contributed by atoms with Crippen LogP contribution < -0.4 is 0 Å². The van der Waals surface area contributed by atoms with Gasteiger partial charge in [0.1, 0.15) is 0 Å². The molecule has 0 saturated carbocycles. The summed E-state index contributed by atoms with van der Waals surface area (Å²) in [5.74, 6) is 0.0768. The van der Waals surface area contributed by atoms with E-state index in [0.29, 0.717) is 5.69 Å². The zero-order valence-electron chi connectivity index (χ0n) is 13.3. The van der Waals surface area contributed by atoms with Crippen molar-refractivity contribution in [3.05, 3.63) is 39.3 Å². The average Bonchev–Trinajstić information content (AvgIpc) is 3.25. The fraction of sp³-hybridized carbons (Fsp3) is 0.500. The minimum atomic E-state index is 0.0768. The molecule has 1 N–H and O–H groups in total. The molecule has 1 saturated heterocycles. The molecule has 0 spiro atoms. The third-order valence-electron chi connectivity index (χ3n) is 4.70. The molecule has 2 aliphatic rings. The predicted molar refractivity (Wildman–Crippen MR) is 89.3 cm³/mol. The lowest BCUT2D eigenvalue weighted by atomic mass is 10.2. The van der Waals surface area contributed by atoms with Gasteiger partial charge in [0, 0.05) is 51.4 Å². The number of likely N-dealkylation sites (N-methyl/N-ethyl adjacent to an activating group) is 1. The van der Waals surface area contributed by atoms with Crippen LogP contribution in [0.3, 0.4) is 0 Å². The van der Waals surface area contributed by atoms with E-state index in [1.807, 2.05) is 4.90 Å². The molecule has 0 atom stereocenters. The fourth-order valence-corrected chi connectivity index (χ4v) is 3.95. The number of carbonyl (C=O) groups excluding carboxylic acids is 1. The third kappa shape index (κ3) is 2.91. The zero-order chi connectivity index (χ0) is 15.8. The number of aromatic nitrogens is 2. The summed E-state index contributed by atoms with van der Waals surface area (Å²) >= 11 is 1.72. The van der Waals surface area contributed by atoms with Gasteiger partial charge >= 0.3 is 0 Å². The molecule has 0 unspecified atom stereocenters. The Hall–Kier alpha value is -1.70. The van der Waals surface area contributed by atoms with Crippen LogP contribution in [0.5, 0.6) is 0 Å². The highest BCUT2D eigenvalue weighted by atomic mass is 32.1. The number of carbonyl (C=O) groups is 1. The summed E-state index contributed by atoms with van der Waals surface area (Å²) in [5, 5.41) is 11.7. The number of H-pyrrole nitrogens is 1.